The summed E-state index contributed by atoms with van der Waals surface area (Å²) >= 11 is 0. The molecule has 3 rings (SSSR count). The third-order valence-electron chi connectivity index (χ3n) is 3.53. The Hall–Kier alpha value is -2.17. The minimum absolute atomic E-state index is 0.122. The predicted octanol–water partition coefficient (Wildman–Crippen LogP) is 2.60. The number of nitrogens with zero attached hydrogens (tertiary/aromatic N) is 1. The monoisotopic (exact) mass is 267 g/mol. The number of nitrogens with two attached hydrogens (primary N) is 1. The standard InChI is InChI=1S/C16H17N3O/c1-18-16(12-4-2-11(9-17)3-5-12)13-6-7-14-15(8-13)20-10-19-14/h2-8,10,16,18H,9,17H2,1H3. The van der Waals surface area contributed by atoms with Crippen LogP contribution in [0, 0.1) is 0 Å². The van der Waals surface area contributed by atoms with Crippen LogP contribution >= 0.6 is 0 Å². The Morgan fingerprint density at radius 3 is 2.60 bits per heavy atom. The maximum Gasteiger partial charge on any atom is 0.181 e. The van der Waals surface area contributed by atoms with Gasteiger partial charge in [-0.3, -0.25) is 0 Å². The average molecular weight is 267 g/mol. The Morgan fingerprint density at radius 2 is 1.90 bits per heavy atom. The topological polar surface area (TPSA) is 64.1 Å². The molecule has 1 unspecified atom stereocenters. The van der Waals surface area contributed by atoms with Crippen LogP contribution in [0.2, 0.25) is 0 Å². The van der Waals surface area contributed by atoms with Crippen LogP contribution in [0.5, 0.6) is 0 Å². The van der Waals surface area contributed by atoms with Crippen molar-refractivity contribution in [3.8, 4) is 0 Å². The van der Waals surface area contributed by atoms with Crippen molar-refractivity contribution in [1.82, 2.24) is 10.3 Å². The normalized spacial score (nSPS) is 12.7. The van der Waals surface area contributed by atoms with Crippen LogP contribution in [0.3, 0.4) is 0 Å². The van der Waals surface area contributed by atoms with E-state index < -0.39 is 0 Å². The summed E-state index contributed by atoms with van der Waals surface area (Å²) < 4.78 is 5.37. The van der Waals surface area contributed by atoms with E-state index in [9.17, 15) is 0 Å². The molecule has 3 aromatic rings. The van der Waals surface area contributed by atoms with Crippen LogP contribution in [0.1, 0.15) is 22.7 Å². The molecule has 0 spiro atoms. The number of fused-ring (bicyclic) bond motifs is 1. The Labute approximate surface area is 117 Å². The van der Waals surface area contributed by atoms with Crippen LogP contribution in [-0.4, -0.2) is 12.0 Å². The van der Waals surface area contributed by atoms with Gasteiger partial charge >= 0.3 is 0 Å². The first-order valence-corrected chi connectivity index (χ1v) is 6.61. The minimum atomic E-state index is 0.122. The summed E-state index contributed by atoms with van der Waals surface area (Å²) in [7, 11) is 1.95. The van der Waals surface area contributed by atoms with E-state index >= 15 is 0 Å². The number of aromatic nitrogens is 1. The van der Waals surface area contributed by atoms with Crippen molar-refractivity contribution >= 4 is 11.1 Å². The van der Waals surface area contributed by atoms with Crippen molar-refractivity contribution in [3.63, 3.8) is 0 Å². The second-order valence-electron chi connectivity index (χ2n) is 4.75. The summed E-state index contributed by atoms with van der Waals surface area (Å²) in [5.41, 5.74) is 10.8. The van der Waals surface area contributed by atoms with E-state index in [2.05, 4.69) is 40.6 Å². The zero-order chi connectivity index (χ0) is 13.9. The third-order valence-corrected chi connectivity index (χ3v) is 3.53. The molecule has 0 aliphatic carbocycles. The molecule has 2 aromatic carbocycles. The summed E-state index contributed by atoms with van der Waals surface area (Å²) in [4.78, 5) is 4.14. The molecule has 0 amide bonds. The van der Waals surface area contributed by atoms with Gasteiger partial charge in [0.05, 0.1) is 6.04 Å². The third kappa shape index (κ3) is 2.31. The van der Waals surface area contributed by atoms with Crippen molar-refractivity contribution in [2.24, 2.45) is 5.73 Å². The van der Waals surface area contributed by atoms with E-state index in [-0.39, 0.29) is 6.04 Å². The van der Waals surface area contributed by atoms with Crippen LogP contribution in [0.25, 0.3) is 11.1 Å². The van der Waals surface area contributed by atoms with Gasteiger partial charge in [-0.15, -0.1) is 0 Å². The lowest BCUT2D eigenvalue weighted by molar-refractivity contribution is 0.600. The van der Waals surface area contributed by atoms with E-state index in [1.54, 1.807) is 0 Å². The molecule has 0 aliphatic heterocycles. The van der Waals surface area contributed by atoms with Crippen LogP contribution in [-0.2, 0) is 6.54 Å². The number of oxazole rings is 1. The second kappa shape index (κ2) is 5.45. The van der Waals surface area contributed by atoms with Crippen molar-refractivity contribution in [3.05, 3.63) is 65.5 Å². The van der Waals surface area contributed by atoms with Gasteiger partial charge in [-0.2, -0.15) is 0 Å². The zero-order valence-corrected chi connectivity index (χ0v) is 11.3. The fourth-order valence-electron chi connectivity index (χ4n) is 2.42. The maximum absolute atomic E-state index is 5.64. The first-order chi connectivity index (χ1) is 9.81. The van der Waals surface area contributed by atoms with Gasteiger partial charge in [0, 0.05) is 6.54 Å². The molecule has 4 nitrogen and oxygen atoms in total. The molecule has 0 radical (unpaired) electrons. The van der Waals surface area contributed by atoms with Gasteiger partial charge in [0.1, 0.15) is 5.52 Å². The second-order valence-corrected chi connectivity index (χ2v) is 4.75. The summed E-state index contributed by atoms with van der Waals surface area (Å²) in [5, 5.41) is 3.34. The summed E-state index contributed by atoms with van der Waals surface area (Å²) in [6, 6.07) is 14.5. The molecule has 1 atom stereocenters. The molecule has 1 aromatic heterocycles. The SMILES string of the molecule is CNC(c1ccc(CN)cc1)c1ccc2ncoc2c1. The number of benzene rings is 2. The predicted molar refractivity (Wildman–Crippen MR) is 79.2 cm³/mol. The molecule has 0 saturated carbocycles. The Balaban J connectivity index is 1.98. The lowest BCUT2D eigenvalue weighted by atomic mass is 9.97. The first-order valence-electron chi connectivity index (χ1n) is 6.61. The number of rotatable bonds is 4. The highest BCUT2D eigenvalue weighted by Crippen LogP contribution is 2.25. The van der Waals surface area contributed by atoms with E-state index in [4.69, 9.17) is 10.2 Å². The highest BCUT2D eigenvalue weighted by molar-refractivity contribution is 5.73. The molecule has 0 fully saturated rings. The van der Waals surface area contributed by atoms with Crippen molar-refractivity contribution in [1.29, 1.82) is 0 Å². The lowest BCUT2D eigenvalue weighted by Crippen LogP contribution is -2.17. The summed E-state index contributed by atoms with van der Waals surface area (Å²) in [5.74, 6) is 0. The lowest BCUT2D eigenvalue weighted by Gasteiger charge is -2.17. The van der Waals surface area contributed by atoms with Gasteiger partial charge in [0.2, 0.25) is 0 Å². The van der Waals surface area contributed by atoms with Gasteiger partial charge in [-0.1, -0.05) is 30.3 Å². The Bertz CT molecular complexity index is 703. The number of hydrogen-bond acceptors (Lipinski definition) is 4. The van der Waals surface area contributed by atoms with Crippen LogP contribution in [0.15, 0.2) is 53.3 Å². The fourth-order valence-corrected chi connectivity index (χ4v) is 2.42. The van der Waals surface area contributed by atoms with Gasteiger partial charge < -0.3 is 15.5 Å². The van der Waals surface area contributed by atoms with Crippen molar-refractivity contribution in [2.75, 3.05) is 7.05 Å². The van der Waals surface area contributed by atoms with Gasteiger partial charge in [0.15, 0.2) is 12.0 Å². The van der Waals surface area contributed by atoms with Gasteiger partial charge in [-0.05, 0) is 35.9 Å². The molecule has 20 heavy (non-hydrogen) atoms. The van der Waals surface area contributed by atoms with E-state index in [0.717, 1.165) is 22.2 Å². The quantitative estimate of drug-likeness (QED) is 0.762. The Morgan fingerprint density at radius 1 is 1.15 bits per heavy atom. The van der Waals surface area contributed by atoms with Crippen LogP contribution in [0.4, 0.5) is 0 Å². The van der Waals surface area contributed by atoms with Crippen LogP contribution < -0.4 is 11.1 Å². The van der Waals surface area contributed by atoms with E-state index in [1.807, 2.05) is 19.2 Å². The zero-order valence-electron chi connectivity index (χ0n) is 11.3. The molecule has 102 valence electrons. The molecule has 1 heterocycles. The highest BCUT2D eigenvalue weighted by atomic mass is 16.3. The largest absolute Gasteiger partial charge is 0.443 e. The first kappa shape index (κ1) is 12.8. The molecule has 0 saturated heterocycles. The smallest absolute Gasteiger partial charge is 0.181 e. The number of nitrogens with one attached hydrogen (secondary N) is 1. The van der Waals surface area contributed by atoms with E-state index in [0.29, 0.717) is 6.54 Å². The summed E-state index contributed by atoms with van der Waals surface area (Å²) in [6.45, 7) is 0.564. The van der Waals surface area contributed by atoms with Gasteiger partial charge in [-0.25, -0.2) is 4.98 Å². The fraction of sp³-hybridized carbons (Fsp3) is 0.188. The van der Waals surface area contributed by atoms with Crippen molar-refractivity contribution in [2.45, 2.75) is 12.6 Å². The molecule has 4 heteroatoms. The molecule has 0 aliphatic rings. The molecule has 0 bridgehead atoms. The highest BCUT2D eigenvalue weighted by Gasteiger charge is 2.13. The maximum atomic E-state index is 5.64. The molecular weight excluding hydrogens is 250 g/mol. The van der Waals surface area contributed by atoms with Gasteiger partial charge in [0.25, 0.3) is 0 Å². The van der Waals surface area contributed by atoms with E-state index in [1.165, 1.54) is 12.0 Å². The molecular formula is C16H17N3O. The summed E-state index contributed by atoms with van der Waals surface area (Å²) in [6.07, 6.45) is 1.47. The minimum Gasteiger partial charge on any atom is -0.443 e. The Kier molecular flexibility index (Phi) is 3.50. The van der Waals surface area contributed by atoms with Crippen molar-refractivity contribution < 1.29 is 4.42 Å². The molecule has 3 N–H and O–H groups in total. The number of hydrogen-bond donors (Lipinski definition) is 2. The average Bonchev–Trinajstić information content (AvgIpc) is 2.96.